The maximum Gasteiger partial charge on any atom is 0.251 e. The molecule has 106 valence electrons. The van der Waals surface area contributed by atoms with Gasteiger partial charge in [-0.25, -0.2) is 0 Å². The van der Waals surface area contributed by atoms with Crippen molar-refractivity contribution in [1.82, 2.24) is 4.90 Å². The molecule has 1 fully saturated rings. The molecule has 4 heteroatoms. The van der Waals surface area contributed by atoms with E-state index in [0.717, 1.165) is 5.56 Å². The van der Waals surface area contributed by atoms with E-state index in [0.29, 0.717) is 24.6 Å². The molecule has 0 heterocycles. The largest absolute Gasteiger partial charge is 0.368 e. The summed E-state index contributed by atoms with van der Waals surface area (Å²) in [5.41, 5.74) is 1.57. The summed E-state index contributed by atoms with van der Waals surface area (Å²) in [4.78, 5) is 13.8. The van der Waals surface area contributed by atoms with Crippen LogP contribution in [0.1, 0.15) is 30.9 Å². The van der Waals surface area contributed by atoms with E-state index in [1.54, 1.807) is 31.0 Å². The quantitative estimate of drug-likeness (QED) is 0.798. The third-order valence-electron chi connectivity index (χ3n) is 3.48. The lowest BCUT2D eigenvalue weighted by Gasteiger charge is -2.21. The topological polar surface area (TPSA) is 53.3 Å². The number of nitrogens with zero attached hydrogens (tertiary/aromatic N) is 2. The third-order valence-corrected chi connectivity index (χ3v) is 3.48. The second kappa shape index (κ2) is 6.53. The molecule has 0 radical (unpaired) electrons. The van der Waals surface area contributed by atoms with Gasteiger partial charge in [0.2, 0.25) is 0 Å². The van der Waals surface area contributed by atoms with Crippen molar-refractivity contribution in [2.45, 2.75) is 32.4 Å². The molecule has 4 nitrogen and oxygen atoms in total. The van der Waals surface area contributed by atoms with Crippen LogP contribution in [0.5, 0.6) is 0 Å². The van der Waals surface area contributed by atoms with Crippen LogP contribution in [0.3, 0.4) is 0 Å². The normalized spacial score (nSPS) is 15.4. The first-order valence-electron chi connectivity index (χ1n) is 6.95. The van der Waals surface area contributed by atoms with Crippen molar-refractivity contribution >= 4 is 5.91 Å². The van der Waals surface area contributed by atoms with Gasteiger partial charge < -0.3 is 9.64 Å². The Labute approximate surface area is 120 Å². The Balaban J connectivity index is 1.87. The van der Waals surface area contributed by atoms with Gasteiger partial charge in [-0.3, -0.25) is 4.79 Å². The summed E-state index contributed by atoms with van der Waals surface area (Å²) in [6, 6.07) is 9.42. The number of hydrogen-bond donors (Lipinski definition) is 0. The minimum atomic E-state index is -0.403. The van der Waals surface area contributed by atoms with Gasteiger partial charge in [0, 0.05) is 13.6 Å². The van der Waals surface area contributed by atoms with Crippen molar-refractivity contribution in [3.05, 3.63) is 35.4 Å². The van der Waals surface area contributed by atoms with Crippen LogP contribution in [0.4, 0.5) is 0 Å². The molecule has 1 atom stereocenters. The van der Waals surface area contributed by atoms with E-state index in [9.17, 15) is 4.79 Å². The van der Waals surface area contributed by atoms with Gasteiger partial charge >= 0.3 is 0 Å². The molecule has 0 bridgehead atoms. The summed E-state index contributed by atoms with van der Waals surface area (Å²) >= 11 is 0. The Kier molecular flexibility index (Phi) is 4.75. The fraction of sp³-hybridized carbons (Fsp3) is 0.500. The van der Waals surface area contributed by atoms with E-state index >= 15 is 0 Å². The first-order chi connectivity index (χ1) is 9.60. The zero-order valence-corrected chi connectivity index (χ0v) is 12.0. The molecular weight excluding hydrogens is 252 g/mol. The van der Waals surface area contributed by atoms with Crippen molar-refractivity contribution in [3.63, 3.8) is 0 Å². The lowest BCUT2D eigenvalue weighted by Crippen LogP contribution is -2.36. The summed E-state index contributed by atoms with van der Waals surface area (Å²) in [5, 5.41) is 8.87. The van der Waals surface area contributed by atoms with E-state index in [-0.39, 0.29) is 5.91 Å². The third kappa shape index (κ3) is 4.07. The van der Waals surface area contributed by atoms with E-state index in [4.69, 9.17) is 10.00 Å². The Morgan fingerprint density at radius 2 is 2.30 bits per heavy atom. The van der Waals surface area contributed by atoms with Crippen LogP contribution >= 0.6 is 0 Å². The fourth-order valence-corrected chi connectivity index (χ4v) is 2.04. The zero-order valence-electron chi connectivity index (χ0n) is 12.0. The second-order valence-corrected chi connectivity index (χ2v) is 5.43. The second-order valence-electron chi connectivity index (χ2n) is 5.43. The van der Waals surface area contributed by atoms with Gasteiger partial charge in [-0.1, -0.05) is 12.1 Å². The van der Waals surface area contributed by atoms with Crippen molar-refractivity contribution in [2.75, 3.05) is 13.7 Å². The SMILES string of the molecule is CC(OCC1CC1)C(=O)N(C)Cc1cccc(C#N)c1. The average Bonchev–Trinajstić information content (AvgIpc) is 3.28. The molecule has 0 N–H and O–H groups in total. The highest BCUT2D eigenvalue weighted by atomic mass is 16.5. The van der Waals surface area contributed by atoms with Gasteiger partial charge in [-0.05, 0) is 43.4 Å². The molecule has 20 heavy (non-hydrogen) atoms. The van der Waals surface area contributed by atoms with Crippen LogP contribution in [-0.4, -0.2) is 30.6 Å². The summed E-state index contributed by atoms with van der Waals surface area (Å²) < 4.78 is 5.59. The number of hydrogen-bond acceptors (Lipinski definition) is 3. The van der Waals surface area contributed by atoms with Crippen LogP contribution in [0, 0.1) is 17.2 Å². The molecule has 0 spiro atoms. The Hall–Kier alpha value is -1.86. The molecule has 1 aromatic rings. The van der Waals surface area contributed by atoms with Crippen molar-refractivity contribution in [2.24, 2.45) is 5.92 Å². The number of nitriles is 1. The van der Waals surface area contributed by atoms with Crippen molar-refractivity contribution in [3.8, 4) is 6.07 Å². The van der Waals surface area contributed by atoms with E-state index in [1.165, 1.54) is 12.8 Å². The van der Waals surface area contributed by atoms with Gasteiger partial charge in [-0.2, -0.15) is 5.26 Å². The molecule has 1 aliphatic rings. The Bertz CT molecular complexity index is 517. The highest BCUT2D eigenvalue weighted by Crippen LogP contribution is 2.29. The van der Waals surface area contributed by atoms with Gasteiger partial charge in [-0.15, -0.1) is 0 Å². The minimum absolute atomic E-state index is 0.0204. The molecule has 0 aliphatic heterocycles. The van der Waals surface area contributed by atoms with Crippen molar-refractivity contribution in [1.29, 1.82) is 5.26 Å². The van der Waals surface area contributed by atoms with Gasteiger partial charge in [0.1, 0.15) is 6.10 Å². The number of carbonyl (C=O) groups excluding carboxylic acids is 1. The summed E-state index contributed by atoms with van der Waals surface area (Å²) in [6.07, 6.45) is 2.04. The van der Waals surface area contributed by atoms with E-state index < -0.39 is 6.10 Å². The maximum atomic E-state index is 12.2. The highest BCUT2D eigenvalue weighted by Gasteiger charge is 2.25. The van der Waals surface area contributed by atoms with Gasteiger partial charge in [0.05, 0.1) is 18.2 Å². The Morgan fingerprint density at radius 1 is 1.55 bits per heavy atom. The standard InChI is InChI=1S/C16H20N2O2/c1-12(20-11-13-6-7-13)16(19)18(2)10-15-5-3-4-14(8-15)9-17/h3-5,8,12-13H,6-7,10-11H2,1-2H3. The van der Waals surface area contributed by atoms with E-state index in [1.807, 2.05) is 12.1 Å². The fourth-order valence-electron chi connectivity index (χ4n) is 2.04. The predicted molar refractivity (Wildman–Crippen MR) is 75.8 cm³/mol. The number of amides is 1. The number of carbonyl (C=O) groups is 1. The first-order valence-corrected chi connectivity index (χ1v) is 6.95. The lowest BCUT2D eigenvalue weighted by atomic mass is 10.1. The van der Waals surface area contributed by atoms with E-state index in [2.05, 4.69) is 6.07 Å². The molecule has 1 saturated carbocycles. The molecule has 1 aromatic carbocycles. The van der Waals surface area contributed by atoms with Crippen LogP contribution in [0.15, 0.2) is 24.3 Å². The number of ether oxygens (including phenoxy) is 1. The maximum absolute atomic E-state index is 12.2. The van der Waals surface area contributed by atoms with Crippen LogP contribution in [-0.2, 0) is 16.1 Å². The minimum Gasteiger partial charge on any atom is -0.368 e. The average molecular weight is 272 g/mol. The highest BCUT2D eigenvalue weighted by molar-refractivity contribution is 5.80. The molecule has 0 aromatic heterocycles. The van der Waals surface area contributed by atoms with Gasteiger partial charge in [0.25, 0.3) is 5.91 Å². The van der Waals surface area contributed by atoms with Crippen LogP contribution in [0.25, 0.3) is 0 Å². The first kappa shape index (κ1) is 14.5. The molecule has 0 saturated heterocycles. The molecule has 1 aliphatic carbocycles. The zero-order chi connectivity index (χ0) is 14.5. The number of benzene rings is 1. The summed E-state index contributed by atoms with van der Waals surface area (Å²) in [5.74, 6) is 0.635. The monoisotopic (exact) mass is 272 g/mol. The number of likely N-dealkylation sites (N-methyl/N-ethyl adjacent to an activating group) is 1. The van der Waals surface area contributed by atoms with Crippen LogP contribution < -0.4 is 0 Å². The molecule has 1 amide bonds. The van der Waals surface area contributed by atoms with Crippen molar-refractivity contribution < 1.29 is 9.53 Å². The summed E-state index contributed by atoms with van der Waals surface area (Å²) in [6.45, 7) is 2.98. The number of rotatable bonds is 6. The summed E-state index contributed by atoms with van der Waals surface area (Å²) in [7, 11) is 1.76. The molecular formula is C16H20N2O2. The van der Waals surface area contributed by atoms with Gasteiger partial charge in [0.15, 0.2) is 0 Å². The molecule has 2 rings (SSSR count). The molecule has 1 unspecified atom stereocenters. The Morgan fingerprint density at radius 3 is 2.95 bits per heavy atom. The smallest absolute Gasteiger partial charge is 0.251 e. The van der Waals surface area contributed by atoms with Crippen LogP contribution in [0.2, 0.25) is 0 Å². The lowest BCUT2D eigenvalue weighted by molar-refractivity contribution is -0.142. The predicted octanol–water partition coefficient (Wildman–Crippen LogP) is 2.33.